The van der Waals surface area contributed by atoms with Gasteiger partial charge in [0.25, 0.3) is 0 Å². The molecule has 27 heavy (non-hydrogen) atoms. The summed E-state index contributed by atoms with van der Waals surface area (Å²) in [6, 6.07) is 14.7. The molecule has 1 atom stereocenters. The molecule has 1 N–H and O–H groups in total. The molecule has 0 aliphatic heterocycles. The largest absolute Gasteiger partial charge is 0.372 e. The van der Waals surface area contributed by atoms with Crippen LogP contribution in [0.4, 0.5) is 11.4 Å². The van der Waals surface area contributed by atoms with Crippen LogP contribution in [0.25, 0.3) is 0 Å². The minimum absolute atomic E-state index is 0.0327. The summed E-state index contributed by atoms with van der Waals surface area (Å²) >= 11 is 0. The lowest BCUT2D eigenvalue weighted by Gasteiger charge is -2.22. The van der Waals surface area contributed by atoms with E-state index < -0.39 is 0 Å². The molecule has 0 radical (unpaired) electrons. The van der Waals surface area contributed by atoms with Crippen LogP contribution >= 0.6 is 0 Å². The second kappa shape index (κ2) is 9.59. The maximum absolute atomic E-state index is 12.7. The number of rotatable bonds is 8. The summed E-state index contributed by atoms with van der Waals surface area (Å²) in [5.74, 6) is 0.490. The predicted octanol–water partition coefficient (Wildman–Crippen LogP) is 5.78. The van der Waals surface area contributed by atoms with E-state index in [-0.39, 0.29) is 11.8 Å². The number of hydrogen-bond donors (Lipinski definition) is 1. The minimum atomic E-state index is -0.181. The Hall–Kier alpha value is -2.29. The van der Waals surface area contributed by atoms with Gasteiger partial charge in [-0.05, 0) is 74.9 Å². The van der Waals surface area contributed by atoms with Crippen LogP contribution in [0.5, 0.6) is 0 Å². The molecule has 3 heteroatoms. The van der Waals surface area contributed by atoms with Crippen LogP contribution in [0.1, 0.15) is 57.2 Å². The molecule has 0 aliphatic carbocycles. The van der Waals surface area contributed by atoms with Crippen molar-refractivity contribution in [1.29, 1.82) is 0 Å². The van der Waals surface area contributed by atoms with Gasteiger partial charge in [-0.3, -0.25) is 4.79 Å². The Labute approximate surface area is 164 Å². The molecule has 0 bridgehead atoms. The molecule has 0 spiro atoms. The van der Waals surface area contributed by atoms with E-state index in [2.05, 4.69) is 74.3 Å². The number of carbonyl (C=O) groups excluding carboxylic acids is 1. The molecule has 1 amide bonds. The summed E-state index contributed by atoms with van der Waals surface area (Å²) in [7, 11) is 0. The van der Waals surface area contributed by atoms with Gasteiger partial charge >= 0.3 is 0 Å². The van der Waals surface area contributed by atoms with Gasteiger partial charge in [0.15, 0.2) is 0 Å². The lowest BCUT2D eigenvalue weighted by molar-refractivity contribution is -0.117. The Bertz CT molecular complexity index is 745. The monoisotopic (exact) mass is 366 g/mol. The SMILES string of the molecule is CCN(CC)c1ccc(NC(=O)C(C)c2ccc(CC(C)C)cc2)c(C)c1. The average molecular weight is 367 g/mol. The number of benzene rings is 2. The Morgan fingerprint density at radius 1 is 1.00 bits per heavy atom. The fraction of sp³-hybridized carbons (Fsp3) is 0.458. The van der Waals surface area contributed by atoms with Crippen LogP contribution < -0.4 is 10.2 Å². The third kappa shape index (κ3) is 5.59. The second-order valence-electron chi connectivity index (χ2n) is 7.72. The summed E-state index contributed by atoms with van der Waals surface area (Å²) in [6.07, 6.45) is 1.07. The molecule has 0 saturated carbocycles. The molecule has 0 saturated heterocycles. The van der Waals surface area contributed by atoms with Crippen LogP contribution in [0.3, 0.4) is 0 Å². The summed E-state index contributed by atoms with van der Waals surface area (Å²) in [5, 5.41) is 3.10. The van der Waals surface area contributed by atoms with E-state index in [1.165, 1.54) is 11.3 Å². The smallest absolute Gasteiger partial charge is 0.231 e. The van der Waals surface area contributed by atoms with E-state index in [0.717, 1.165) is 36.3 Å². The van der Waals surface area contributed by atoms with Crippen molar-refractivity contribution in [3.05, 3.63) is 59.2 Å². The highest BCUT2D eigenvalue weighted by Gasteiger charge is 2.16. The van der Waals surface area contributed by atoms with E-state index in [1.807, 2.05) is 19.9 Å². The van der Waals surface area contributed by atoms with Gasteiger partial charge in [-0.1, -0.05) is 38.1 Å². The van der Waals surface area contributed by atoms with Crippen molar-refractivity contribution in [2.24, 2.45) is 5.92 Å². The van der Waals surface area contributed by atoms with Crippen molar-refractivity contribution in [3.63, 3.8) is 0 Å². The number of hydrogen-bond acceptors (Lipinski definition) is 2. The van der Waals surface area contributed by atoms with Gasteiger partial charge in [0, 0.05) is 24.5 Å². The fourth-order valence-electron chi connectivity index (χ4n) is 3.38. The summed E-state index contributed by atoms with van der Waals surface area (Å²) < 4.78 is 0. The quantitative estimate of drug-likeness (QED) is 0.642. The maximum Gasteiger partial charge on any atom is 0.231 e. The van der Waals surface area contributed by atoms with Crippen molar-refractivity contribution in [1.82, 2.24) is 0 Å². The molecule has 0 aromatic heterocycles. The topological polar surface area (TPSA) is 32.3 Å². The van der Waals surface area contributed by atoms with Gasteiger partial charge < -0.3 is 10.2 Å². The zero-order valence-corrected chi connectivity index (χ0v) is 17.7. The van der Waals surface area contributed by atoms with E-state index in [4.69, 9.17) is 0 Å². The van der Waals surface area contributed by atoms with Crippen LogP contribution in [0, 0.1) is 12.8 Å². The molecule has 1 unspecified atom stereocenters. The Morgan fingerprint density at radius 3 is 2.15 bits per heavy atom. The number of nitrogens with zero attached hydrogens (tertiary/aromatic N) is 1. The Morgan fingerprint density at radius 2 is 1.63 bits per heavy atom. The van der Waals surface area contributed by atoms with Gasteiger partial charge in [-0.15, -0.1) is 0 Å². The van der Waals surface area contributed by atoms with Gasteiger partial charge in [-0.25, -0.2) is 0 Å². The first-order valence-electron chi connectivity index (χ1n) is 10.1. The molecule has 2 aromatic rings. The lowest BCUT2D eigenvalue weighted by Crippen LogP contribution is -2.22. The zero-order chi connectivity index (χ0) is 20.0. The molecule has 0 fully saturated rings. The van der Waals surface area contributed by atoms with Crippen LogP contribution in [0.15, 0.2) is 42.5 Å². The number of aryl methyl sites for hydroxylation is 1. The molecule has 2 rings (SSSR count). The first-order chi connectivity index (χ1) is 12.8. The van der Waals surface area contributed by atoms with E-state index >= 15 is 0 Å². The molecular formula is C24H34N2O. The van der Waals surface area contributed by atoms with Gasteiger partial charge in [0.1, 0.15) is 0 Å². The summed E-state index contributed by atoms with van der Waals surface area (Å²) in [4.78, 5) is 15.0. The lowest BCUT2D eigenvalue weighted by atomic mass is 9.96. The summed E-state index contributed by atoms with van der Waals surface area (Å²) in [6.45, 7) is 14.7. The van der Waals surface area contributed by atoms with E-state index in [1.54, 1.807) is 0 Å². The molecule has 3 nitrogen and oxygen atoms in total. The first-order valence-corrected chi connectivity index (χ1v) is 10.1. The van der Waals surface area contributed by atoms with Crippen LogP contribution in [0.2, 0.25) is 0 Å². The van der Waals surface area contributed by atoms with Crippen molar-refractivity contribution >= 4 is 17.3 Å². The predicted molar refractivity (Wildman–Crippen MR) is 117 cm³/mol. The zero-order valence-electron chi connectivity index (χ0n) is 17.7. The maximum atomic E-state index is 12.7. The number of amides is 1. The Balaban J connectivity index is 2.07. The molecule has 146 valence electrons. The highest BCUT2D eigenvalue weighted by Crippen LogP contribution is 2.25. The number of carbonyl (C=O) groups is 1. The molecule has 0 aliphatic rings. The molecule has 2 aromatic carbocycles. The van der Waals surface area contributed by atoms with Crippen LogP contribution in [-0.2, 0) is 11.2 Å². The Kier molecular flexibility index (Phi) is 7.46. The number of anilines is 2. The first kappa shape index (κ1) is 21.0. The number of nitrogens with one attached hydrogen (secondary N) is 1. The van der Waals surface area contributed by atoms with Gasteiger partial charge in [-0.2, -0.15) is 0 Å². The standard InChI is InChI=1S/C24H34N2O/c1-7-26(8-2)22-13-14-23(18(5)16-22)25-24(27)19(6)21-11-9-20(10-12-21)15-17(3)4/h9-14,16-17,19H,7-8,15H2,1-6H3,(H,25,27). The van der Waals surface area contributed by atoms with Gasteiger partial charge in [0.05, 0.1) is 5.92 Å². The fourth-order valence-corrected chi connectivity index (χ4v) is 3.38. The normalized spacial score (nSPS) is 12.1. The van der Waals surface area contributed by atoms with Crippen molar-refractivity contribution in [2.45, 2.75) is 53.9 Å². The summed E-state index contributed by atoms with van der Waals surface area (Å²) in [5.41, 5.74) is 5.55. The second-order valence-corrected chi connectivity index (χ2v) is 7.72. The molecule has 0 heterocycles. The average Bonchev–Trinajstić information content (AvgIpc) is 2.64. The van der Waals surface area contributed by atoms with Crippen molar-refractivity contribution in [2.75, 3.05) is 23.3 Å². The molecular weight excluding hydrogens is 332 g/mol. The highest BCUT2D eigenvalue weighted by atomic mass is 16.1. The van der Waals surface area contributed by atoms with Crippen LogP contribution in [-0.4, -0.2) is 19.0 Å². The third-order valence-corrected chi connectivity index (χ3v) is 5.11. The van der Waals surface area contributed by atoms with Gasteiger partial charge in [0.2, 0.25) is 5.91 Å². The van der Waals surface area contributed by atoms with E-state index in [0.29, 0.717) is 5.92 Å². The third-order valence-electron chi connectivity index (χ3n) is 5.11. The minimum Gasteiger partial charge on any atom is -0.372 e. The van der Waals surface area contributed by atoms with E-state index in [9.17, 15) is 4.79 Å². The highest BCUT2D eigenvalue weighted by molar-refractivity contribution is 5.96. The van der Waals surface area contributed by atoms with Crippen molar-refractivity contribution in [3.8, 4) is 0 Å². The van der Waals surface area contributed by atoms with Crippen molar-refractivity contribution < 1.29 is 4.79 Å².